The van der Waals surface area contributed by atoms with Gasteiger partial charge in [0.2, 0.25) is 5.91 Å². The fourth-order valence-electron chi connectivity index (χ4n) is 3.69. The van der Waals surface area contributed by atoms with Gasteiger partial charge in [0.1, 0.15) is 15.6 Å². The molecule has 3 aromatic rings. The number of hydrogen-bond donors (Lipinski definition) is 1. The molecule has 10 nitrogen and oxygen atoms in total. The maximum absolute atomic E-state index is 12.9. The summed E-state index contributed by atoms with van der Waals surface area (Å²) in [6.45, 7) is 13.4. The van der Waals surface area contributed by atoms with Crippen LogP contribution < -0.4 is 10.1 Å². The second-order valence-electron chi connectivity index (χ2n) is 8.35. The van der Waals surface area contributed by atoms with Gasteiger partial charge in [0.05, 0.1) is 24.5 Å². The monoisotopic (exact) mass is 572 g/mol. The number of esters is 2. The third-order valence-electron chi connectivity index (χ3n) is 5.40. The summed E-state index contributed by atoms with van der Waals surface area (Å²) in [6, 6.07) is 7.73. The van der Waals surface area contributed by atoms with Gasteiger partial charge in [-0.1, -0.05) is 30.0 Å². The quantitative estimate of drug-likeness (QED) is 0.164. The van der Waals surface area contributed by atoms with Gasteiger partial charge in [0.15, 0.2) is 17.1 Å². The first-order valence-electron chi connectivity index (χ1n) is 12.4. The SMILES string of the molecule is C=CCn1c(SCC(=O)Nc2sc(C(=O)OCC)c(C)c2C(=O)OCC)nnc1C(C)Oc1cccc(C)c1. The van der Waals surface area contributed by atoms with Gasteiger partial charge in [0, 0.05) is 6.54 Å². The van der Waals surface area contributed by atoms with E-state index in [1.807, 2.05) is 42.7 Å². The summed E-state index contributed by atoms with van der Waals surface area (Å²) in [5.74, 6) is -0.279. The highest BCUT2D eigenvalue weighted by Gasteiger charge is 2.27. The minimum absolute atomic E-state index is 0.0175. The van der Waals surface area contributed by atoms with Crippen LogP contribution in [0.15, 0.2) is 42.1 Å². The number of amides is 1. The number of carbonyl (C=O) groups is 3. The molecule has 0 saturated carbocycles. The van der Waals surface area contributed by atoms with E-state index in [0.29, 0.717) is 23.1 Å². The average molecular weight is 573 g/mol. The Morgan fingerprint density at radius 2 is 1.87 bits per heavy atom. The maximum Gasteiger partial charge on any atom is 0.348 e. The van der Waals surface area contributed by atoms with Crippen LogP contribution in [0.1, 0.15) is 63.9 Å². The molecule has 1 aromatic carbocycles. The van der Waals surface area contributed by atoms with Crippen LogP contribution in [0, 0.1) is 13.8 Å². The highest BCUT2D eigenvalue weighted by molar-refractivity contribution is 7.99. The van der Waals surface area contributed by atoms with E-state index in [1.165, 1.54) is 11.8 Å². The molecule has 39 heavy (non-hydrogen) atoms. The van der Waals surface area contributed by atoms with E-state index in [0.717, 1.165) is 22.6 Å². The summed E-state index contributed by atoms with van der Waals surface area (Å²) >= 11 is 2.16. The number of anilines is 1. The van der Waals surface area contributed by atoms with Crippen molar-refractivity contribution in [3.05, 3.63) is 64.3 Å². The number of nitrogens with zero attached hydrogens (tertiary/aromatic N) is 3. The predicted octanol–water partition coefficient (Wildman–Crippen LogP) is 5.37. The number of thiophene rings is 1. The zero-order chi connectivity index (χ0) is 28.5. The van der Waals surface area contributed by atoms with Gasteiger partial charge in [-0.2, -0.15) is 0 Å². The molecule has 3 rings (SSSR count). The van der Waals surface area contributed by atoms with Crippen LogP contribution in [0.4, 0.5) is 5.00 Å². The molecule has 0 aliphatic carbocycles. The lowest BCUT2D eigenvalue weighted by Crippen LogP contribution is -2.17. The molecule has 2 heterocycles. The summed E-state index contributed by atoms with van der Waals surface area (Å²) in [5.41, 5.74) is 1.62. The third-order valence-corrected chi connectivity index (χ3v) is 7.55. The standard InChI is InChI=1S/C27H32N4O6S2/c1-7-13-31-23(18(6)37-19-12-10-11-16(4)14-19)29-30-27(31)38-15-20(32)28-24-21(25(33)35-8-2)17(5)22(39-24)26(34)36-9-3/h7,10-12,14,18H,1,8-9,13,15H2,2-6H3,(H,28,32). The molecule has 2 aromatic heterocycles. The molecule has 1 amide bonds. The van der Waals surface area contributed by atoms with Crippen molar-refractivity contribution < 1.29 is 28.6 Å². The van der Waals surface area contributed by atoms with Crippen LogP contribution in [0.25, 0.3) is 0 Å². The molecule has 1 N–H and O–H groups in total. The van der Waals surface area contributed by atoms with Crippen molar-refractivity contribution in [2.45, 2.75) is 52.4 Å². The highest BCUT2D eigenvalue weighted by atomic mass is 32.2. The first-order chi connectivity index (χ1) is 18.7. The second-order valence-corrected chi connectivity index (χ2v) is 10.3. The van der Waals surface area contributed by atoms with Gasteiger partial charge in [-0.25, -0.2) is 9.59 Å². The summed E-state index contributed by atoms with van der Waals surface area (Å²) in [7, 11) is 0. The predicted molar refractivity (Wildman–Crippen MR) is 151 cm³/mol. The van der Waals surface area contributed by atoms with E-state index in [4.69, 9.17) is 14.2 Å². The Kier molecular flexibility index (Phi) is 10.7. The van der Waals surface area contributed by atoms with Crippen molar-refractivity contribution >= 4 is 45.9 Å². The van der Waals surface area contributed by atoms with Crippen LogP contribution in [-0.4, -0.2) is 51.6 Å². The van der Waals surface area contributed by atoms with Gasteiger partial charge >= 0.3 is 11.9 Å². The molecule has 12 heteroatoms. The van der Waals surface area contributed by atoms with Crippen molar-refractivity contribution in [3.63, 3.8) is 0 Å². The Labute approximate surface area is 235 Å². The summed E-state index contributed by atoms with van der Waals surface area (Å²) < 4.78 is 18.1. The molecule has 0 bridgehead atoms. The lowest BCUT2D eigenvalue weighted by molar-refractivity contribution is -0.113. The second kappa shape index (κ2) is 13.9. The zero-order valence-electron chi connectivity index (χ0n) is 22.6. The number of benzene rings is 1. The number of carbonyl (C=O) groups excluding carboxylic acids is 3. The van der Waals surface area contributed by atoms with Crippen molar-refractivity contribution in [3.8, 4) is 5.75 Å². The smallest absolute Gasteiger partial charge is 0.348 e. The molecule has 0 radical (unpaired) electrons. The summed E-state index contributed by atoms with van der Waals surface area (Å²) in [4.78, 5) is 38.1. The van der Waals surface area contributed by atoms with E-state index in [1.54, 1.807) is 26.8 Å². The first kappa shape index (κ1) is 29.9. The maximum atomic E-state index is 12.9. The van der Waals surface area contributed by atoms with Gasteiger partial charge in [0.25, 0.3) is 0 Å². The normalized spacial score (nSPS) is 11.5. The molecule has 0 saturated heterocycles. The number of hydrogen-bond acceptors (Lipinski definition) is 10. The topological polar surface area (TPSA) is 122 Å². The first-order valence-corrected chi connectivity index (χ1v) is 14.2. The molecule has 1 unspecified atom stereocenters. The molecule has 1 atom stereocenters. The largest absolute Gasteiger partial charge is 0.483 e. The lowest BCUT2D eigenvalue weighted by Gasteiger charge is -2.16. The van der Waals surface area contributed by atoms with E-state index in [2.05, 4.69) is 22.1 Å². The molecular formula is C27H32N4O6S2. The number of nitrogens with one attached hydrogen (secondary N) is 1. The Bertz CT molecular complexity index is 1350. The van der Waals surface area contributed by atoms with Crippen LogP contribution in [-0.2, 0) is 20.8 Å². The summed E-state index contributed by atoms with van der Waals surface area (Å²) in [6.07, 6.45) is 1.32. The van der Waals surface area contributed by atoms with E-state index in [-0.39, 0.29) is 40.3 Å². The van der Waals surface area contributed by atoms with Crippen LogP contribution in [0.3, 0.4) is 0 Å². The van der Waals surface area contributed by atoms with Crippen LogP contribution in [0.5, 0.6) is 5.75 Å². The number of aryl methyl sites for hydroxylation is 1. The fourth-order valence-corrected chi connectivity index (χ4v) is 5.55. The van der Waals surface area contributed by atoms with Gasteiger partial charge in [-0.15, -0.1) is 28.1 Å². The van der Waals surface area contributed by atoms with E-state index >= 15 is 0 Å². The van der Waals surface area contributed by atoms with E-state index < -0.39 is 18.0 Å². The van der Waals surface area contributed by atoms with Crippen molar-refractivity contribution in [1.82, 2.24) is 14.8 Å². The molecule has 0 aliphatic rings. The Balaban J connectivity index is 1.76. The van der Waals surface area contributed by atoms with Crippen molar-refractivity contribution in [2.24, 2.45) is 0 Å². The highest BCUT2D eigenvalue weighted by Crippen LogP contribution is 2.35. The third kappa shape index (κ3) is 7.48. The zero-order valence-corrected chi connectivity index (χ0v) is 24.2. The average Bonchev–Trinajstić information content (AvgIpc) is 3.43. The molecule has 208 valence electrons. The fraction of sp³-hybridized carbons (Fsp3) is 0.370. The minimum atomic E-state index is -0.622. The number of aromatic nitrogens is 3. The van der Waals surface area contributed by atoms with Gasteiger partial charge in [-0.05, 0) is 57.9 Å². The van der Waals surface area contributed by atoms with Gasteiger partial charge in [-0.3, -0.25) is 9.36 Å². The number of rotatable bonds is 13. The minimum Gasteiger partial charge on any atom is -0.483 e. The Hall–Kier alpha value is -3.64. The number of ether oxygens (including phenoxy) is 3. The molecular weight excluding hydrogens is 540 g/mol. The molecule has 0 fully saturated rings. The van der Waals surface area contributed by atoms with Crippen molar-refractivity contribution in [2.75, 3.05) is 24.3 Å². The Morgan fingerprint density at radius 3 is 2.54 bits per heavy atom. The Morgan fingerprint density at radius 1 is 1.15 bits per heavy atom. The lowest BCUT2D eigenvalue weighted by atomic mass is 10.1. The van der Waals surface area contributed by atoms with E-state index in [9.17, 15) is 14.4 Å². The molecule has 0 aliphatic heterocycles. The number of thioether (sulfide) groups is 1. The number of allylic oxidation sites excluding steroid dienone is 1. The van der Waals surface area contributed by atoms with Crippen LogP contribution in [0.2, 0.25) is 0 Å². The van der Waals surface area contributed by atoms with Crippen molar-refractivity contribution in [1.29, 1.82) is 0 Å². The summed E-state index contributed by atoms with van der Waals surface area (Å²) in [5, 5.41) is 12.1. The van der Waals surface area contributed by atoms with Gasteiger partial charge < -0.3 is 19.5 Å². The van der Waals surface area contributed by atoms with Crippen LogP contribution >= 0.6 is 23.1 Å². The molecule has 0 spiro atoms.